The lowest BCUT2D eigenvalue weighted by molar-refractivity contribution is -0.122. The molecule has 2 amide bonds. The number of thiocarbonyl (C=S) groups is 1. The molecule has 0 saturated carbocycles. The summed E-state index contributed by atoms with van der Waals surface area (Å²) in [5, 5.41) is 23.7. The molecule has 2 aromatic carbocycles. The van der Waals surface area contributed by atoms with Gasteiger partial charge in [0, 0.05) is 29.6 Å². The molecule has 1 aromatic heterocycles. The number of benzene rings is 2. The van der Waals surface area contributed by atoms with E-state index in [0.29, 0.717) is 21.7 Å². The van der Waals surface area contributed by atoms with Crippen LogP contribution in [0, 0.1) is 11.6 Å². The van der Waals surface area contributed by atoms with Crippen LogP contribution in [0.1, 0.15) is 21.7 Å². The number of nitrogens with zero attached hydrogens (tertiary/aromatic N) is 1. The first-order valence-corrected chi connectivity index (χ1v) is 12.4. The van der Waals surface area contributed by atoms with Crippen molar-refractivity contribution in [1.82, 2.24) is 4.90 Å². The van der Waals surface area contributed by atoms with Crippen molar-refractivity contribution in [3.8, 4) is 16.9 Å². The number of rotatable bonds is 7. The van der Waals surface area contributed by atoms with Crippen LogP contribution in [-0.4, -0.2) is 43.8 Å². The van der Waals surface area contributed by atoms with Crippen molar-refractivity contribution in [2.45, 2.75) is 6.42 Å². The minimum Gasteiger partial charge on any atom is -0.506 e. The number of halogens is 2. The molecule has 12 heteroatoms. The molecular weight excluding hydrogens is 530 g/mol. The highest BCUT2D eigenvalue weighted by Gasteiger charge is 2.32. The van der Waals surface area contributed by atoms with Gasteiger partial charge in [-0.3, -0.25) is 14.5 Å². The molecule has 0 unspecified atom stereocenters. The molecule has 0 radical (unpaired) electrons. The number of nitrogens with one attached hydrogen (secondary N) is 1. The first kappa shape index (κ1) is 25.5. The first-order valence-electron chi connectivity index (χ1n) is 10.3. The van der Waals surface area contributed by atoms with E-state index in [-0.39, 0.29) is 39.4 Å². The molecule has 0 atom stereocenters. The van der Waals surface area contributed by atoms with Crippen LogP contribution in [0.4, 0.5) is 14.5 Å². The van der Waals surface area contributed by atoms with Gasteiger partial charge in [0.15, 0.2) is 11.6 Å². The van der Waals surface area contributed by atoms with Crippen molar-refractivity contribution in [3.05, 3.63) is 74.8 Å². The number of amides is 2. The van der Waals surface area contributed by atoms with Gasteiger partial charge in [0.25, 0.3) is 5.91 Å². The number of aromatic hydroxyl groups is 1. The summed E-state index contributed by atoms with van der Waals surface area (Å²) in [5.74, 6) is -4.10. The number of hydrogen-bond acceptors (Lipinski definition) is 7. The number of aromatic carboxylic acids is 1. The normalized spacial score (nSPS) is 14.5. The van der Waals surface area contributed by atoms with Gasteiger partial charge >= 0.3 is 5.97 Å². The van der Waals surface area contributed by atoms with E-state index >= 15 is 0 Å². The third-order valence-corrected chi connectivity index (χ3v) is 7.43. The summed E-state index contributed by atoms with van der Waals surface area (Å²) in [4.78, 5) is 37.9. The number of carbonyl (C=O) groups excluding carboxylic acids is 2. The van der Waals surface area contributed by atoms with Crippen LogP contribution in [0.25, 0.3) is 17.2 Å². The Morgan fingerprint density at radius 1 is 1.11 bits per heavy atom. The summed E-state index contributed by atoms with van der Waals surface area (Å²) < 4.78 is 27.1. The summed E-state index contributed by atoms with van der Waals surface area (Å²) in [6.45, 7) is 0.0254. The molecule has 2 heterocycles. The fraction of sp³-hybridized carbons (Fsp3) is 0.0833. The lowest BCUT2D eigenvalue weighted by Gasteiger charge is -2.14. The minimum absolute atomic E-state index is 0.0254. The summed E-state index contributed by atoms with van der Waals surface area (Å²) in [6, 6.07) is 8.94. The second kappa shape index (κ2) is 10.6. The van der Waals surface area contributed by atoms with Crippen LogP contribution in [0.3, 0.4) is 0 Å². The van der Waals surface area contributed by atoms with Crippen LogP contribution in [0.15, 0.2) is 52.7 Å². The summed E-state index contributed by atoms with van der Waals surface area (Å²) in [7, 11) is 0. The van der Waals surface area contributed by atoms with E-state index in [2.05, 4.69) is 5.32 Å². The van der Waals surface area contributed by atoms with E-state index in [1.165, 1.54) is 41.3 Å². The lowest BCUT2D eigenvalue weighted by Crippen LogP contribution is -2.31. The number of thiophene rings is 1. The number of carbonyl (C=O) groups is 3. The quantitative estimate of drug-likeness (QED) is 0.272. The number of hydrogen-bond donors (Lipinski definition) is 3. The van der Waals surface area contributed by atoms with Crippen LogP contribution in [-0.2, 0) is 9.59 Å². The third kappa shape index (κ3) is 5.45. The second-order valence-corrected chi connectivity index (χ2v) is 10.1. The van der Waals surface area contributed by atoms with Crippen molar-refractivity contribution in [2.75, 3.05) is 11.9 Å². The maximum Gasteiger partial charge on any atom is 0.335 e. The highest BCUT2D eigenvalue weighted by atomic mass is 32.2. The lowest BCUT2D eigenvalue weighted by atomic mass is 10.1. The van der Waals surface area contributed by atoms with Gasteiger partial charge in [0.05, 0.1) is 15.3 Å². The topological polar surface area (TPSA) is 107 Å². The van der Waals surface area contributed by atoms with Gasteiger partial charge in [-0.15, -0.1) is 11.3 Å². The Hall–Kier alpha value is -3.61. The molecule has 0 spiro atoms. The summed E-state index contributed by atoms with van der Waals surface area (Å²) in [5.41, 5.74) is 1.10. The fourth-order valence-electron chi connectivity index (χ4n) is 3.28. The monoisotopic (exact) mass is 546 g/mol. The molecule has 1 aliphatic heterocycles. The number of anilines is 1. The van der Waals surface area contributed by atoms with E-state index in [1.807, 2.05) is 0 Å². The molecule has 4 rings (SSSR count). The van der Waals surface area contributed by atoms with Gasteiger partial charge in [-0.05, 0) is 48.0 Å². The maximum atomic E-state index is 13.6. The molecule has 184 valence electrons. The number of thioether (sulfide) groups is 1. The van der Waals surface area contributed by atoms with Crippen LogP contribution in [0.2, 0.25) is 0 Å². The van der Waals surface area contributed by atoms with Gasteiger partial charge in [-0.25, -0.2) is 13.6 Å². The van der Waals surface area contributed by atoms with E-state index in [1.54, 1.807) is 5.38 Å². The molecule has 3 N–H and O–H groups in total. The highest BCUT2D eigenvalue weighted by Crippen LogP contribution is 2.41. The average Bonchev–Trinajstić information content (AvgIpc) is 3.33. The Labute approximate surface area is 217 Å². The highest BCUT2D eigenvalue weighted by molar-refractivity contribution is 8.26. The zero-order chi connectivity index (χ0) is 26.0. The predicted octanol–water partition coefficient (Wildman–Crippen LogP) is 5.33. The maximum absolute atomic E-state index is 13.6. The Morgan fingerprint density at radius 3 is 2.50 bits per heavy atom. The Bertz CT molecular complexity index is 1420. The van der Waals surface area contributed by atoms with Gasteiger partial charge in [-0.1, -0.05) is 30.0 Å². The zero-order valence-corrected chi connectivity index (χ0v) is 20.6. The molecule has 0 bridgehead atoms. The molecule has 36 heavy (non-hydrogen) atoms. The molecule has 7 nitrogen and oxygen atoms in total. The van der Waals surface area contributed by atoms with Crippen molar-refractivity contribution in [1.29, 1.82) is 0 Å². The largest absolute Gasteiger partial charge is 0.506 e. The summed E-state index contributed by atoms with van der Waals surface area (Å²) in [6.07, 6.45) is 1.41. The van der Waals surface area contributed by atoms with Crippen LogP contribution < -0.4 is 5.32 Å². The van der Waals surface area contributed by atoms with E-state index in [0.717, 1.165) is 35.2 Å². The van der Waals surface area contributed by atoms with Crippen LogP contribution >= 0.6 is 35.3 Å². The molecule has 1 fully saturated rings. The third-order valence-electron chi connectivity index (χ3n) is 5.14. The molecule has 0 aliphatic carbocycles. The molecule has 1 aliphatic rings. The Balaban J connectivity index is 1.41. The van der Waals surface area contributed by atoms with Crippen molar-refractivity contribution >= 4 is 69.2 Å². The fourth-order valence-corrected chi connectivity index (χ4v) is 5.55. The Morgan fingerprint density at radius 2 is 1.83 bits per heavy atom. The van der Waals surface area contributed by atoms with Gasteiger partial charge in [-0.2, -0.15) is 0 Å². The van der Waals surface area contributed by atoms with E-state index < -0.39 is 23.5 Å². The van der Waals surface area contributed by atoms with E-state index in [4.69, 9.17) is 17.3 Å². The number of carboxylic acid groups (broad SMARTS) is 1. The van der Waals surface area contributed by atoms with Crippen LogP contribution in [0.5, 0.6) is 5.75 Å². The van der Waals surface area contributed by atoms with Gasteiger partial charge in [0.1, 0.15) is 10.1 Å². The molecular formula is C24H16F2N2O5S3. The molecule has 3 aromatic rings. The van der Waals surface area contributed by atoms with Gasteiger partial charge in [0.2, 0.25) is 5.91 Å². The molecule has 1 saturated heterocycles. The number of carboxylic acids is 1. The second-order valence-electron chi connectivity index (χ2n) is 7.51. The van der Waals surface area contributed by atoms with Crippen molar-refractivity contribution in [2.24, 2.45) is 0 Å². The zero-order valence-electron chi connectivity index (χ0n) is 18.2. The van der Waals surface area contributed by atoms with Crippen molar-refractivity contribution < 1.29 is 33.4 Å². The average molecular weight is 547 g/mol. The SMILES string of the molecule is O=C(CCN1C(=O)C(=Cc2scc(-c3ccc(F)c(F)c3)c2O)SC1=S)Nc1ccc(C(=O)O)cc1. The Kier molecular flexibility index (Phi) is 7.48. The predicted molar refractivity (Wildman–Crippen MR) is 138 cm³/mol. The summed E-state index contributed by atoms with van der Waals surface area (Å²) >= 11 is 7.42. The van der Waals surface area contributed by atoms with Crippen molar-refractivity contribution in [3.63, 3.8) is 0 Å². The minimum atomic E-state index is -1.08. The van der Waals surface area contributed by atoms with E-state index in [9.17, 15) is 28.3 Å². The first-order chi connectivity index (χ1) is 17.1. The van der Waals surface area contributed by atoms with Gasteiger partial charge < -0.3 is 15.5 Å². The smallest absolute Gasteiger partial charge is 0.335 e. The standard InChI is InChI=1S/C24H16F2N2O5S3/c25-16-6-3-13(9-17(16)26)15-11-35-18(21(15)30)10-19-22(31)28(24(34)36-19)8-7-20(29)27-14-4-1-12(2-5-14)23(32)33/h1-6,9-11,30H,7-8H2,(H,27,29)(H,32,33).